The van der Waals surface area contributed by atoms with Gasteiger partial charge < -0.3 is 0 Å². The second-order valence-corrected chi connectivity index (χ2v) is 0. The molecule has 0 aromatic carbocycles. The number of halogens is 2. The summed E-state index contributed by atoms with van der Waals surface area (Å²) in [6.45, 7) is 0. The van der Waals surface area contributed by atoms with Crippen molar-refractivity contribution in [2.45, 2.75) is 0 Å². The van der Waals surface area contributed by atoms with Gasteiger partial charge in [0.05, 0.1) is 0 Å². The van der Waals surface area contributed by atoms with Crippen LogP contribution in [-0.4, -0.2) is 0 Å². The molecular weight excluding hydrogens is 143 g/mol. The average molecular weight is 149 g/mol. The van der Waals surface area contributed by atoms with Gasteiger partial charge in [0.2, 0.25) is 0 Å². The van der Waals surface area contributed by atoms with Crippen molar-refractivity contribution >= 4 is 29.4 Å². The van der Waals surface area contributed by atoms with E-state index < -0.39 is 0 Å². The molecular formula is H6BrClN2. The molecule has 0 rings (SSSR count). The molecule has 0 heterocycles. The molecule has 0 aromatic rings. The fourth-order valence-corrected chi connectivity index (χ4v) is 0. The lowest BCUT2D eigenvalue weighted by molar-refractivity contribution is 1.26. The summed E-state index contributed by atoms with van der Waals surface area (Å²) in [6, 6.07) is 0. The Balaban J connectivity index is -0.00000000500. The number of hydrogen-bond acceptors (Lipinski definition) is 2. The lowest BCUT2D eigenvalue weighted by Gasteiger charge is -1.27. The van der Waals surface area contributed by atoms with Gasteiger partial charge in [-0.1, -0.05) is 0 Å². The maximum absolute atomic E-state index is 4.00. The van der Waals surface area contributed by atoms with Gasteiger partial charge in [-0.2, -0.15) is 0 Å². The quantitative estimate of drug-likeness (QED) is 0.371. The van der Waals surface area contributed by atoms with Gasteiger partial charge >= 0.3 is 0 Å². The zero-order valence-electron chi connectivity index (χ0n) is 1.97. The van der Waals surface area contributed by atoms with E-state index in [4.69, 9.17) is 0 Å². The average Bonchev–Trinajstić information content (AvgIpc) is 1.00. The molecule has 4 N–H and O–H groups in total. The first kappa shape index (κ1) is 22.4. The van der Waals surface area contributed by atoms with Gasteiger partial charge in [0.15, 0.2) is 0 Å². The Morgan fingerprint density at radius 3 is 1.00 bits per heavy atom. The minimum Gasteiger partial charge on any atom is -0.274 e. The predicted molar refractivity (Wildman–Crippen MR) is 25.9 cm³/mol. The molecule has 0 saturated heterocycles. The normalized spacial score (nSPS) is 1.50. The van der Waals surface area contributed by atoms with E-state index in [1.807, 2.05) is 0 Å². The Morgan fingerprint density at radius 2 is 1.00 bits per heavy atom. The Kier molecular flexibility index (Phi) is 313. The largest absolute Gasteiger partial charge is 0.274 e. The van der Waals surface area contributed by atoms with Gasteiger partial charge in [0, 0.05) is 0 Å². The highest BCUT2D eigenvalue weighted by Crippen LogP contribution is 0.846. The van der Waals surface area contributed by atoms with Crippen LogP contribution in [0.15, 0.2) is 0 Å². The first-order chi connectivity index (χ1) is 1.00. The van der Waals surface area contributed by atoms with Crippen molar-refractivity contribution in [3.8, 4) is 0 Å². The van der Waals surface area contributed by atoms with Crippen LogP contribution in [0.25, 0.3) is 0 Å². The van der Waals surface area contributed by atoms with Crippen molar-refractivity contribution in [3.05, 3.63) is 0 Å². The van der Waals surface area contributed by atoms with Crippen molar-refractivity contribution in [1.82, 2.24) is 0 Å². The molecule has 0 amide bonds. The maximum Gasteiger partial charge on any atom is -0.114 e. The third-order valence-corrected chi connectivity index (χ3v) is 0. The SMILES string of the molecule is Br.Cl.NN. The summed E-state index contributed by atoms with van der Waals surface area (Å²) in [7, 11) is 0. The van der Waals surface area contributed by atoms with Gasteiger partial charge in [0.1, 0.15) is 0 Å². The van der Waals surface area contributed by atoms with E-state index in [9.17, 15) is 0 Å². The molecule has 0 saturated carbocycles. The molecule has 0 aliphatic heterocycles. The minimum atomic E-state index is 0. The molecule has 0 aromatic heterocycles. The van der Waals surface area contributed by atoms with Crippen LogP contribution in [0.2, 0.25) is 0 Å². The van der Waals surface area contributed by atoms with E-state index in [1.165, 1.54) is 0 Å². The number of hydrogen-bond donors (Lipinski definition) is 2. The second kappa shape index (κ2) is 56.1. The van der Waals surface area contributed by atoms with Crippen LogP contribution in [0.1, 0.15) is 0 Å². The van der Waals surface area contributed by atoms with Gasteiger partial charge in [0.25, 0.3) is 0 Å². The summed E-state index contributed by atoms with van der Waals surface area (Å²) >= 11 is 0. The zero-order valence-corrected chi connectivity index (χ0v) is 4.50. The summed E-state index contributed by atoms with van der Waals surface area (Å²) in [5.41, 5.74) is 0. The highest BCUT2D eigenvalue weighted by Gasteiger charge is 0.726. The maximum atomic E-state index is 4.00. The molecule has 0 bridgehead atoms. The van der Waals surface area contributed by atoms with E-state index >= 15 is 0 Å². The second-order valence-electron chi connectivity index (χ2n) is 0. The Labute approximate surface area is 41.7 Å². The van der Waals surface area contributed by atoms with Crippen LogP contribution in [0, 0.1) is 0 Å². The van der Waals surface area contributed by atoms with Crippen molar-refractivity contribution in [1.29, 1.82) is 0 Å². The molecule has 0 spiro atoms. The van der Waals surface area contributed by atoms with E-state index in [0.29, 0.717) is 0 Å². The van der Waals surface area contributed by atoms with Crippen LogP contribution >= 0.6 is 29.4 Å². The molecule has 0 aliphatic rings. The number of hydrazine groups is 1. The van der Waals surface area contributed by atoms with E-state index in [2.05, 4.69) is 11.7 Å². The van der Waals surface area contributed by atoms with Gasteiger partial charge in [-0.05, 0) is 0 Å². The topological polar surface area (TPSA) is 52.0 Å². The molecule has 4 heteroatoms. The summed E-state index contributed by atoms with van der Waals surface area (Å²) in [5, 5.41) is 0. The summed E-state index contributed by atoms with van der Waals surface area (Å²) in [4.78, 5) is 0. The highest BCUT2D eigenvalue weighted by molar-refractivity contribution is 8.93. The lowest BCUT2D eigenvalue weighted by Crippen LogP contribution is -2.02. The molecule has 0 radical (unpaired) electrons. The summed E-state index contributed by atoms with van der Waals surface area (Å²) < 4.78 is 0. The standard InChI is InChI=1S/BrH.ClH.H4N2/c;;1-2/h2*1H;1-2H2. The summed E-state index contributed by atoms with van der Waals surface area (Å²) in [5.74, 6) is 8.00. The van der Waals surface area contributed by atoms with E-state index in [-0.39, 0.29) is 29.4 Å². The third kappa shape index (κ3) is 16.1. The Morgan fingerprint density at radius 1 is 1.00 bits per heavy atom. The molecule has 30 valence electrons. The van der Waals surface area contributed by atoms with Crippen LogP contribution in [-0.2, 0) is 0 Å². The van der Waals surface area contributed by atoms with Gasteiger partial charge in [-0.3, -0.25) is 11.7 Å². The van der Waals surface area contributed by atoms with Crippen molar-refractivity contribution in [2.75, 3.05) is 0 Å². The van der Waals surface area contributed by atoms with Crippen molar-refractivity contribution in [3.63, 3.8) is 0 Å². The third-order valence-electron chi connectivity index (χ3n) is 0. The van der Waals surface area contributed by atoms with Crippen LogP contribution in [0.4, 0.5) is 0 Å². The molecule has 0 aliphatic carbocycles. The van der Waals surface area contributed by atoms with Crippen LogP contribution < -0.4 is 11.7 Å². The Bertz CT molecular complexity index is 6.00. The van der Waals surface area contributed by atoms with Crippen LogP contribution in [0.5, 0.6) is 0 Å². The molecule has 4 heavy (non-hydrogen) atoms. The predicted octanol–water partition coefficient (Wildman–Crippen LogP) is -0.182. The van der Waals surface area contributed by atoms with Gasteiger partial charge in [-0.25, -0.2) is 0 Å². The van der Waals surface area contributed by atoms with Crippen LogP contribution in [0.3, 0.4) is 0 Å². The lowest BCUT2D eigenvalue weighted by atomic mass is 13.0. The monoisotopic (exact) mass is 148 g/mol. The minimum absolute atomic E-state index is 0. The Hall–Kier alpha value is 0.690. The van der Waals surface area contributed by atoms with Crippen molar-refractivity contribution in [2.24, 2.45) is 11.7 Å². The molecule has 0 unspecified atom stereocenters. The van der Waals surface area contributed by atoms with E-state index in [0.717, 1.165) is 0 Å². The van der Waals surface area contributed by atoms with Crippen molar-refractivity contribution < 1.29 is 0 Å². The highest BCUT2D eigenvalue weighted by atomic mass is 79.9. The first-order valence-corrected chi connectivity index (χ1v) is 0.333. The van der Waals surface area contributed by atoms with E-state index in [1.54, 1.807) is 0 Å². The first-order valence-electron chi connectivity index (χ1n) is 0.333. The van der Waals surface area contributed by atoms with Gasteiger partial charge in [-0.15, -0.1) is 29.4 Å². The number of rotatable bonds is 0. The fourth-order valence-electron chi connectivity index (χ4n) is 0. The smallest absolute Gasteiger partial charge is 0.114 e. The fraction of sp³-hybridized carbons (Fsp3) is 0. The zero-order chi connectivity index (χ0) is 2.00. The molecule has 2 nitrogen and oxygen atoms in total. The molecule has 0 atom stereocenters. The summed E-state index contributed by atoms with van der Waals surface area (Å²) in [6.07, 6.45) is 0. The molecule has 0 fully saturated rings. The number of nitrogens with two attached hydrogens (primary N) is 2.